The van der Waals surface area contributed by atoms with E-state index in [1.54, 1.807) is 0 Å². The number of para-hydroxylation sites is 1. The van der Waals surface area contributed by atoms with Crippen molar-refractivity contribution in [2.75, 3.05) is 0 Å². The van der Waals surface area contributed by atoms with Crippen molar-refractivity contribution in [1.82, 2.24) is 20.2 Å². The largest absolute Gasteiger partial charge is 0.485 e. The van der Waals surface area contributed by atoms with Gasteiger partial charge in [-0.15, -0.1) is 10.2 Å². The van der Waals surface area contributed by atoms with Crippen LogP contribution in [0.4, 0.5) is 0 Å². The predicted molar refractivity (Wildman–Crippen MR) is 74.1 cm³/mol. The van der Waals surface area contributed by atoms with Gasteiger partial charge in [0.15, 0.2) is 6.61 Å². The summed E-state index contributed by atoms with van der Waals surface area (Å²) >= 11 is 0. The quantitative estimate of drug-likeness (QED) is 0.899. The molecule has 1 heterocycles. The Labute approximate surface area is 118 Å². The van der Waals surface area contributed by atoms with Crippen LogP contribution in [0.25, 0.3) is 0 Å². The Morgan fingerprint density at radius 2 is 1.95 bits per heavy atom. The summed E-state index contributed by atoms with van der Waals surface area (Å²) in [6, 6.07) is 9.47. The number of nitrogens with zero attached hydrogens (tertiary/aromatic N) is 4. The van der Waals surface area contributed by atoms with Crippen LogP contribution in [0.5, 0.6) is 5.75 Å². The van der Waals surface area contributed by atoms with Crippen molar-refractivity contribution in [3.8, 4) is 5.75 Å². The number of hydrogen-bond donors (Lipinski definition) is 1. The molecule has 1 N–H and O–H groups in total. The summed E-state index contributed by atoms with van der Waals surface area (Å²) in [5.74, 6) is 1.26. The fourth-order valence-corrected chi connectivity index (χ4v) is 1.50. The van der Waals surface area contributed by atoms with Crippen LogP contribution in [-0.4, -0.2) is 31.4 Å². The summed E-state index contributed by atoms with van der Waals surface area (Å²) in [7, 11) is 0. The lowest BCUT2D eigenvalue weighted by atomic mass is 9.89. The smallest absolute Gasteiger partial charge is 0.212 e. The van der Waals surface area contributed by atoms with Crippen LogP contribution in [-0.2, 0) is 13.2 Å². The second kappa shape index (κ2) is 6.00. The minimum absolute atomic E-state index is 0.214. The minimum atomic E-state index is -0.528. The molecule has 0 amide bonds. The Morgan fingerprint density at radius 1 is 1.25 bits per heavy atom. The predicted octanol–water partition coefficient (Wildman–Crippen LogP) is 1.66. The van der Waals surface area contributed by atoms with Crippen molar-refractivity contribution in [2.45, 2.75) is 40.0 Å². The Morgan fingerprint density at radius 3 is 2.60 bits per heavy atom. The molecular weight excluding hydrogens is 256 g/mol. The average Bonchev–Trinajstić information content (AvgIpc) is 2.84. The standard InChI is InChI=1S/C14H20N4O2/c1-14(2,3)12(19)9-18-16-13(15-17-18)10-20-11-7-5-4-6-8-11/h4-8,12,19H,9-10H2,1-3H3. The SMILES string of the molecule is CC(C)(C)C(O)Cn1nnc(COc2ccccc2)n1. The molecule has 6 nitrogen and oxygen atoms in total. The lowest BCUT2D eigenvalue weighted by molar-refractivity contribution is 0.0409. The van der Waals surface area contributed by atoms with E-state index in [0.29, 0.717) is 12.4 Å². The Bertz CT molecular complexity index is 534. The maximum Gasteiger partial charge on any atom is 0.212 e. The highest BCUT2D eigenvalue weighted by Gasteiger charge is 2.23. The van der Waals surface area contributed by atoms with Crippen LogP contribution in [0.2, 0.25) is 0 Å². The third-order valence-corrected chi connectivity index (χ3v) is 2.94. The molecule has 0 fully saturated rings. The third-order valence-electron chi connectivity index (χ3n) is 2.94. The summed E-state index contributed by atoms with van der Waals surface area (Å²) in [6.07, 6.45) is -0.528. The van der Waals surface area contributed by atoms with Crippen LogP contribution in [0.3, 0.4) is 0 Å². The van der Waals surface area contributed by atoms with Gasteiger partial charge in [-0.05, 0) is 22.8 Å². The van der Waals surface area contributed by atoms with E-state index >= 15 is 0 Å². The molecule has 2 rings (SSSR count). The van der Waals surface area contributed by atoms with E-state index in [0.717, 1.165) is 5.75 Å². The lowest BCUT2D eigenvalue weighted by Crippen LogP contribution is -2.31. The van der Waals surface area contributed by atoms with Crippen molar-refractivity contribution in [3.05, 3.63) is 36.2 Å². The summed E-state index contributed by atoms with van der Waals surface area (Å²) < 4.78 is 5.54. The molecule has 1 aromatic heterocycles. The highest BCUT2D eigenvalue weighted by Crippen LogP contribution is 2.19. The number of aliphatic hydroxyl groups excluding tert-OH is 1. The molecule has 1 unspecified atom stereocenters. The first-order valence-electron chi connectivity index (χ1n) is 6.58. The van der Waals surface area contributed by atoms with E-state index < -0.39 is 6.10 Å². The number of aromatic nitrogens is 4. The number of tetrazole rings is 1. The molecule has 0 radical (unpaired) electrons. The molecule has 0 aliphatic heterocycles. The summed E-state index contributed by atoms with van der Waals surface area (Å²) in [4.78, 5) is 1.40. The first-order chi connectivity index (χ1) is 9.45. The van der Waals surface area contributed by atoms with Crippen molar-refractivity contribution < 1.29 is 9.84 Å². The normalized spacial score (nSPS) is 13.2. The van der Waals surface area contributed by atoms with E-state index in [1.807, 2.05) is 51.1 Å². The highest BCUT2D eigenvalue weighted by molar-refractivity contribution is 5.20. The number of hydrogen-bond acceptors (Lipinski definition) is 5. The highest BCUT2D eigenvalue weighted by atomic mass is 16.5. The molecule has 0 saturated carbocycles. The number of benzene rings is 1. The van der Waals surface area contributed by atoms with E-state index in [4.69, 9.17) is 4.74 Å². The van der Waals surface area contributed by atoms with Crippen LogP contribution in [0.15, 0.2) is 30.3 Å². The van der Waals surface area contributed by atoms with Gasteiger partial charge in [-0.25, -0.2) is 0 Å². The van der Waals surface area contributed by atoms with Gasteiger partial charge in [0.1, 0.15) is 5.75 Å². The molecule has 6 heteroatoms. The molecule has 20 heavy (non-hydrogen) atoms. The van der Waals surface area contributed by atoms with Gasteiger partial charge in [-0.1, -0.05) is 39.0 Å². The fourth-order valence-electron chi connectivity index (χ4n) is 1.50. The van der Waals surface area contributed by atoms with E-state index in [2.05, 4.69) is 15.4 Å². The zero-order valence-corrected chi connectivity index (χ0v) is 12.0. The van der Waals surface area contributed by atoms with Gasteiger partial charge < -0.3 is 9.84 Å². The van der Waals surface area contributed by atoms with E-state index in [9.17, 15) is 5.11 Å². The van der Waals surface area contributed by atoms with Crippen LogP contribution in [0, 0.1) is 5.41 Å². The number of aliphatic hydroxyl groups is 1. The van der Waals surface area contributed by atoms with Crippen molar-refractivity contribution in [3.63, 3.8) is 0 Å². The van der Waals surface area contributed by atoms with Gasteiger partial charge in [-0.2, -0.15) is 4.80 Å². The molecule has 0 aliphatic carbocycles. The maximum absolute atomic E-state index is 10.00. The zero-order chi connectivity index (χ0) is 14.6. The van der Waals surface area contributed by atoms with Crippen LogP contribution < -0.4 is 4.74 Å². The van der Waals surface area contributed by atoms with Crippen molar-refractivity contribution in [1.29, 1.82) is 0 Å². The Kier molecular flexibility index (Phi) is 4.34. The molecule has 1 atom stereocenters. The van der Waals surface area contributed by atoms with Crippen LogP contribution >= 0.6 is 0 Å². The van der Waals surface area contributed by atoms with Crippen molar-refractivity contribution in [2.24, 2.45) is 5.41 Å². The lowest BCUT2D eigenvalue weighted by Gasteiger charge is -2.24. The summed E-state index contributed by atoms with van der Waals surface area (Å²) in [5.41, 5.74) is -0.214. The molecule has 0 bridgehead atoms. The molecule has 0 spiro atoms. The molecule has 108 valence electrons. The van der Waals surface area contributed by atoms with E-state index in [-0.39, 0.29) is 12.0 Å². The van der Waals surface area contributed by atoms with Crippen LogP contribution in [0.1, 0.15) is 26.6 Å². The maximum atomic E-state index is 10.00. The molecule has 2 aromatic rings. The average molecular weight is 276 g/mol. The monoisotopic (exact) mass is 276 g/mol. The van der Waals surface area contributed by atoms with Gasteiger partial charge in [0.2, 0.25) is 5.82 Å². The Hall–Kier alpha value is -1.95. The topological polar surface area (TPSA) is 73.1 Å². The molecular formula is C14H20N4O2. The zero-order valence-electron chi connectivity index (χ0n) is 12.0. The van der Waals surface area contributed by atoms with Gasteiger partial charge in [0.05, 0.1) is 12.6 Å². The van der Waals surface area contributed by atoms with Crippen molar-refractivity contribution >= 4 is 0 Å². The fraction of sp³-hybridized carbons (Fsp3) is 0.500. The second-order valence-corrected chi connectivity index (χ2v) is 5.74. The third kappa shape index (κ3) is 4.03. The molecule has 1 aromatic carbocycles. The Balaban J connectivity index is 1.89. The minimum Gasteiger partial charge on any atom is -0.485 e. The van der Waals surface area contributed by atoms with E-state index in [1.165, 1.54) is 4.80 Å². The van der Waals surface area contributed by atoms with Gasteiger partial charge in [0.25, 0.3) is 0 Å². The van der Waals surface area contributed by atoms with Gasteiger partial charge in [0, 0.05) is 0 Å². The summed E-state index contributed by atoms with van der Waals surface area (Å²) in [5, 5.41) is 22.0. The van der Waals surface area contributed by atoms with Gasteiger partial charge in [-0.3, -0.25) is 0 Å². The number of rotatable bonds is 5. The second-order valence-electron chi connectivity index (χ2n) is 5.74. The summed E-state index contributed by atoms with van der Waals surface area (Å²) in [6.45, 7) is 6.48. The number of ether oxygens (including phenoxy) is 1. The van der Waals surface area contributed by atoms with Gasteiger partial charge >= 0.3 is 0 Å². The first kappa shape index (κ1) is 14.5. The first-order valence-corrected chi connectivity index (χ1v) is 6.58. The molecule has 0 aliphatic rings. The molecule has 0 saturated heterocycles.